The summed E-state index contributed by atoms with van der Waals surface area (Å²) in [6, 6.07) is 9.23. The van der Waals surface area contributed by atoms with Crippen molar-refractivity contribution >= 4 is 29.6 Å². The lowest BCUT2D eigenvalue weighted by atomic mass is 9.85. The number of nitrogens with zero attached hydrogens (tertiary/aromatic N) is 2. The second-order valence-electron chi connectivity index (χ2n) is 8.62. The molecule has 6 rings (SSSR count). The first-order valence-electron chi connectivity index (χ1n) is 9.96. The van der Waals surface area contributed by atoms with E-state index in [1.54, 1.807) is 6.07 Å². The van der Waals surface area contributed by atoms with Crippen molar-refractivity contribution < 1.29 is 14.0 Å². The Morgan fingerprint density at radius 2 is 1.79 bits per heavy atom. The van der Waals surface area contributed by atoms with Gasteiger partial charge in [-0.2, -0.15) is 10.1 Å². The molecule has 146 valence electrons. The molecule has 1 spiro atoms. The van der Waals surface area contributed by atoms with Gasteiger partial charge in [-0.25, -0.2) is 0 Å². The number of imide groups is 1. The number of furan rings is 1. The van der Waals surface area contributed by atoms with Gasteiger partial charge < -0.3 is 4.42 Å². The van der Waals surface area contributed by atoms with Gasteiger partial charge in [0.05, 0.1) is 18.1 Å². The molecule has 6 heteroatoms. The molecule has 1 saturated heterocycles. The summed E-state index contributed by atoms with van der Waals surface area (Å²) in [5.74, 6) is 0.743. The van der Waals surface area contributed by atoms with Gasteiger partial charge in [0.2, 0.25) is 0 Å². The Morgan fingerprint density at radius 3 is 2.45 bits per heavy atom. The van der Waals surface area contributed by atoms with Crippen molar-refractivity contribution in [3.8, 4) is 11.3 Å². The summed E-state index contributed by atoms with van der Waals surface area (Å²) in [6.07, 6.45) is 8.02. The zero-order chi connectivity index (χ0) is 19.9. The van der Waals surface area contributed by atoms with Gasteiger partial charge in [-0.05, 0) is 66.8 Å². The molecule has 0 unspecified atom stereocenters. The van der Waals surface area contributed by atoms with Crippen LogP contribution < -0.4 is 0 Å². The minimum Gasteiger partial charge on any atom is -0.455 e. The highest BCUT2D eigenvalue weighted by atomic mass is 35.5. The number of rotatable bonds is 3. The van der Waals surface area contributed by atoms with Gasteiger partial charge in [-0.3, -0.25) is 9.59 Å². The van der Waals surface area contributed by atoms with E-state index in [0.29, 0.717) is 16.5 Å². The molecule has 2 heterocycles. The van der Waals surface area contributed by atoms with E-state index in [-0.39, 0.29) is 40.9 Å². The minimum atomic E-state index is -0.238. The molecule has 2 aromatic rings. The smallest absolute Gasteiger partial charge is 0.254 e. The molecular weight excluding hydrogens is 388 g/mol. The maximum absolute atomic E-state index is 12.9. The predicted molar refractivity (Wildman–Crippen MR) is 108 cm³/mol. The van der Waals surface area contributed by atoms with Crippen LogP contribution in [0.4, 0.5) is 0 Å². The van der Waals surface area contributed by atoms with E-state index >= 15 is 0 Å². The van der Waals surface area contributed by atoms with E-state index in [2.05, 4.69) is 17.3 Å². The Kier molecular flexibility index (Phi) is 3.38. The predicted octanol–water partition coefficient (Wildman–Crippen LogP) is 4.44. The van der Waals surface area contributed by atoms with Crippen LogP contribution in [-0.4, -0.2) is 23.0 Å². The Balaban J connectivity index is 1.25. The number of amides is 2. The molecule has 0 N–H and O–H groups in total. The van der Waals surface area contributed by atoms with Gasteiger partial charge in [-0.1, -0.05) is 29.8 Å². The normalized spacial score (nSPS) is 30.9. The second kappa shape index (κ2) is 5.70. The van der Waals surface area contributed by atoms with Crippen LogP contribution in [0.3, 0.4) is 0 Å². The Bertz CT molecular complexity index is 1090. The fraction of sp³-hybridized carbons (Fsp3) is 0.348. The summed E-state index contributed by atoms with van der Waals surface area (Å²) in [7, 11) is 0. The molecule has 2 bridgehead atoms. The van der Waals surface area contributed by atoms with Gasteiger partial charge in [0, 0.05) is 10.6 Å². The van der Waals surface area contributed by atoms with E-state index in [1.807, 2.05) is 31.2 Å². The fourth-order valence-electron chi connectivity index (χ4n) is 5.72. The monoisotopic (exact) mass is 406 g/mol. The molecule has 1 aromatic heterocycles. The van der Waals surface area contributed by atoms with Crippen LogP contribution in [0.1, 0.15) is 24.2 Å². The molecule has 5 nitrogen and oxygen atoms in total. The average molecular weight is 407 g/mol. The number of aryl methyl sites for hydroxylation is 1. The maximum atomic E-state index is 12.9. The molecule has 4 aliphatic rings. The van der Waals surface area contributed by atoms with Crippen molar-refractivity contribution in [1.29, 1.82) is 0 Å². The Hall–Kier alpha value is -2.66. The SMILES string of the molecule is Cc1ccc(Cl)cc1-c1ccc(/C=N\N2C(=O)[C@@H]3[C@H](C2=O)[C@H]2C=C[C@H]3C23CC3)o1. The third-order valence-corrected chi connectivity index (χ3v) is 7.46. The van der Waals surface area contributed by atoms with Gasteiger partial charge in [-0.15, -0.1) is 0 Å². The summed E-state index contributed by atoms with van der Waals surface area (Å²) in [5, 5.41) is 5.90. The number of halogens is 1. The highest BCUT2D eigenvalue weighted by Gasteiger charge is 2.73. The second-order valence-corrected chi connectivity index (χ2v) is 9.05. The summed E-state index contributed by atoms with van der Waals surface area (Å²) < 4.78 is 5.86. The molecule has 3 aliphatic carbocycles. The number of fused-ring (bicyclic) bond motifs is 3. The van der Waals surface area contributed by atoms with Crippen molar-refractivity contribution in [3.05, 3.63) is 58.8 Å². The van der Waals surface area contributed by atoms with E-state index in [1.165, 1.54) is 6.21 Å². The van der Waals surface area contributed by atoms with Crippen molar-refractivity contribution in [2.24, 2.45) is 34.2 Å². The molecule has 2 amide bonds. The van der Waals surface area contributed by atoms with Crippen LogP contribution >= 0.6 is 11.6 Å². The third-order valence-electron chi connectivity index (χ3n) is 7.22. The van der Waals surface area contributed by atoms with Crippen molar-refractivity contribution in [3.63, 3.8) is 0 Å². The highest BCUT2D eigenvalue weighted by Crippen LogP contribution is 2.73. The number of carbonyl (C=O) groups is 2. The van der Waals surface area contributed by atoms with Crippen molar-refractivity contribution in [2.45, 2.75) is 19.8 Å². The van der Waals surface area contributed by atoms with Crippen LogP contribution in [-0.2, 0) is 9.59 Å². The molecule has 4 atom stereocenters. The quantitative estimate of drug-likeness (QED) is 0.430. The van der Waals surface area contributed by atoms with Gasteiger partial charge in [0.1, 0.15) is 11.5 Å². The topological polar surface area (TPSA) is 62.9 Å². The Labute approximate surface area is 173 Å². The average Bonchev–Trinajstić information content (AvgIpc) is 2.99. The first-order valence-corrected chi connectivity index (χ1v) is 10.3. The lowest BCUT2D eigenvalue weighted by molar-refractivity contribution is -0.141. The molecule has 1 aliphatic heterocycles. The number of allylic oxidation sites excluding steroid dienone is 2. The number of benzene rings is 1. The molecular formula is C23H19ClN2O3. The largest absolute Gasteiger partial charge is 0.455 e. The van der Waals surface area contributed by atoms with Gasteiger partial charge in [0.15, 0.2) is 0 Å². The summed E-state index contributed by atoms with van der Waals surface area (Å²) in [4.78, 5) is 25.9. The van der Waals surface area contributed by atoms with E-state index in [9.17, 15) is 9.59 Å². The number of carbonyl (C=O) groups excluding carboxylic acids is 2. The summed E-state index contributed by atoms with van der Waals surface area (Å²) in [6.45, 7) is 1.98. The minimum absolute atomic E-state index is 0.170. The molecule has 1 aromatic carbocycles. The van der Waals surface area contributed by atoms with Gasteiger partial charge >= 0.3 is 0 Å². The molecule has 3 fully saturated rings. The van der Waals surface area contributed by atoms with Crippen molar-refractivity contribution in [1.82, 2.24) is 5.01 Å². The van der Waals surface area contributed by atoms with Gasteiger partial charge in [0.25, 0.3) is 11.8 Å². The highest BCUT2D eigenvalue weighted by molar-refractivity contribution is 6.30. The van der Waals surface area contributed by atoms with E-state index in [0.717, 1.165) is 29.0 Å². The molecule has 0 radical (unpaired) electrons. The van der Waals surface area contributed by atoms with Crippen LogP contribution in [0.15, 0.2) is 52.0 Å². The van der Waals surface area contributed by atoms with E-state index in [4.69, 9.17) is 16.0 Å². The van der Waals surface area contributed by atoms with Crippen molar-refractivity contribution in [2.75, 3.05) is 0 Å². The zero-order valence-corrected chi connectivity index (χ0v) is 16.6. The fourth-order valence-corrected chi connectivity index (χ4v) is 5.89. The maximum Gasteiger partial charge on any atom is 0.254 e. The standard InChI is InChI=1S/C23H19ClN2O3/c1-12-2-3-13(24)10-15(12)18-7-4-14(29-18)11-25-26-21(27)19-16-5-6-17(20(19)22(26)28)23(16)8-9-23/h2-7,10-11,16-17,19-20H,8-9H2,1H3/b25-11-/t16-,17-,19-,20+/m1/s1. The number of hydrogen-bond donors (Lipinski definition) is 0. The Morgan fingerprint density at radius 1 is 1.10 bits per heavy atom. The lowest BCUT2D eigenvalue weighted by Crippen LogP contribution is -2.30. The number of hydrogen-bond acceptors (Lipinski definition) is 4. The van der Waals surface area contributed by atoms with Crippen LogP contribution in [0.25, 0.3) is 11.3 Å². The third kappa shape index (κ3) is 2.25. The summed E-state index contributed by atoms with van der Waals surface area (Å²) >= 11 is 6.10. The van der Waals surface area contributed by atoms with Crippen LogP contribution in [0.5, 0.6) is 0 Å². The molecule has 2 saturated carbocycles. The first-order chi connectivity index (χ1) is 14.0. The lowest BCUT2D eigenvalue weighted by Gasteiger charge is -2.18. The van der Waals surface area contributed by atoms with E-state index < -0.39 is 0 Å². The number of hydrazone groups is 1. The first kappa shape index (κ1) is 17.2. The van der Waals surface area contributed by atoms with Crippen LogP contribution in [0.2, 0.25) is 5.02 Å². The van der Waals surface area contributed by atoms with Crippen LogP contribution in [0, 0.1) is 36.0 Å². The zero-order valence-electron chi connectivity index (χ0n) is 15.8. The summed E-state index contributed by atoms with van der Waals surface area (Å²) in [5.41, 5.74) is 2.14. The molecule has 29 heavy (non-hydrogen) atoms.